The van der Waals surface area contributed by atoms with Crippen LogP contribution in [0.2, 0.25) is 0 Å². The number of rotatable bonds is 4. The van der Waals surface area contributed by atoms with Crippen molar-refractivity contribution in [3.63, 3.8) is 0 Å². The summed E-state index contributed by atoms with van der Waals surface area (Å²) < 4.78 is 11.2. The highest BCUT2D eigenvalue weighted by atomic mass is 16.5. The molecular formula is C28H19NO3. The standard InChI is InChI=1S/C28H19NO3/c1-31-19-13-10-17(11-14-19)26-27(21-7-2-3-8-22(21)28(26)30)29-18-12-15-25-23(16-18)20-6-4-5-9-24(20)32-25/h2-16,29H,1H3. The van der Waals surface area contributed by atoms with E-state index in [9.17, 15) is 4.79 Å². The molecule has 1 aliphatic rings. The zero-order chi connectivity index (χ0) is 21.7. The third-order valence-corrected chi connectivity index (χ3v) is 5.94. The summed E-state index contributed by atoms with van der Waals surface area (Å²) >= 11 is 0. The Hall–Kier alpha value is -4.31. The van der Waals surface area contributed by atoms with Gasteiger partial charge in [-0.3, -0.25) is 4.79 Å². The Morgan fingerprint density at radius 3 is 2.28 bits per heavy atom. The van der Waals surface area contributed by atoms with Crippen molar-refractivity contribution in [1.29, 1.82) is 0 Å². The van der Waals surface area contributed by atoms with Crippen LogP contribution in [-0.4, -0.2) is 12.9 Å². The highest BCUT2D eigenvalue weighted by Gasteiger charge is 2.30. The Labute approximate surface area is 184 Å². The number of carbonyl (C=O) groups is 1. The minimum Gasteiger partial charge on any atom is -0.497 e. The van der Waals surface area contributed by atoms with Gasteiger partial charge in [-0.25, -0.2) is 0 Å². The van der Waals surface area contributed by atoms with Crippen LogP contribution in [0, 0.1) is 0 Å². The molecule has 0 bridgehead atoms. The van der Waals surface area contributed by atoms with Crippen molar-refractivity contribution in [2.75, 3.05) is 12.4 Å². The van der Waals surface area contributed by atoms with Gasteiger partial charge in [-0.15, -0.1) is 0 Å². The monoisotopic (exact) mass is 417 g/mol. The first kappa shape index (κ1) is 18.5. The second-order valence-electron chi connectivity index (χ2n) is 7.79. The van der Waals surface area contributed by atoms with E-state index in [1.54, 1.807) is 7.11 Å². The number of ether oxygens (including phenoxy) is 1. The Bertz CT molecular complexity index is 1540. The number of fused-ring (bicyclic) bond motifs is 4. The van der Waals surface area contributed by atoms with Crippen LogP contribution in [0.4, 0.5) is 5.69 Å². The zero-order valence-corrected chi connectivity index (χ0v) is 17.4. The maximum atomic E-state index is 13.4. The van der Waals surface area contributed by atoms with Crippen molar-refractivity contribution in [3.8, 4) is 5.75 Å². The molecule has 5 aromatic rings. The molecule has 32 heavy (non-hydrogen) atoms. The maximum absolute atomic E-state index is 13.4. The van der Waals surface area contributed by atoms with Gasteiger partial charge in [-0.05, 0) is 42.0 Å². The van der Waals surface area contributed by atoms with Gasteiger partial charge in [-0.2, -0.15) is 0 Å². The second-order valence-corrected chi connectivity index (χ2v) is 7.79. The molecule has 4 nitrogen and oxygen atoms in total. The molecule has 4 heteroatoms. The summed E-state index contributed by atoms with van der Waals surface area (Å²) in [5.41, 5.74) is 6.52. The molecule has 1 heterocycles. The number of ketones is 1. The van der Waals surface area contributed by atoms with Gasteiger partial charge in [-0.1, -0.05) is 54.6 Å². The lowest BCUT2D eigenvalue weighted by atomic mass is 10.0. The van der Waals surface area contributed by atoms with Gasteiger partial charge in [0.05, 0.1) is 18.4 Å². The highest BCUT2D eigenvalue weighted by molar-refractivity contribution is 6.40. The smallest absolute Gasteiger partial charge is 0.196 e. The van der Waals surface area contributed by atoms with Crippen molar-refractivity contribution in [1.82, 2.24) is 0 Å². The average Bonchev–Trinajstić information content (AvgIpc) is 3.34. The summed E-state index contributed by atoms with van der Waals surface area (Å²) in [7, 11) is 1.63. The predicted octanol–water partition coefficient (Wildman–Crippen LogP) is 6.77. The van der Waals surface area contributed by atoms with Crippen LogP contribution in [0.5, 0.6) is 5.75 Å². The summed E-state index contributed by atoms with van der Waals surface area (Å²) in [5.74, 6) is 0.771. The normalized spacial score (nSPS) is 13.1. The number of nitrogens with one attached hydrogen (secondary N) is 1. The molecule has 0 fully saturated rings. The van der Waals surface area contributed by atoms with Crippen LogP contribution in [0.25, 0.3) is 33.2 Å². The molecule has 0 amide bonds. The fourth-order valence-corrected chi connectivity index (χ4v) is 4.39. The quantitative estimate of drug-likeness (QED) is 0.350. The van der Waals surface area contributed by atoms with Crippen LogP contribution in [0.15, 0.2) is 95.4 Å². The molecule has 0 radical (unpaired) electrons. The summed E-state index contributed by atoms with van der Waals surface area (Å²) in [6, 6.07) is 29.3. The Balaban J connectivity index is 1.50. The Morgan fingerprint density at radius 2 is 1.47 bits per heavy atom. The Kier molecular flexibility index (Phi) is 4.12. The number of benzene rings is 4. The molecule has 4 aromatic carbocycles. The molecule has 0 atom stereocenters. The van der Waals surface area contributed by atoms with Crippen molar-refractivity contribution in [3.05, 3.63) is 108 Å². The second kappa shape index (κ2) is 7.13. The number of Topliss-reactive ketones (excluding diaryl/α,β-unsaturated/α-hetero) is 1. The van der Waals surface area contributed by atoms with Crippen LogP contribution in [0.1, 0.15) is 21.5 Å². The van der Waals surface area contributed by atoms with Crippen molar-refractivity contribution >= 4 is 44.7 Å². The van der Waals surface area contributed by atoms with Crippen LogP contribution in [0.3, 0.4) is 0 Å². The number of para-hydroxylation sites is 1. The first-order valence-electron chi connectivity index (χ1n) is 10.4. The van der Waals surface area contributed by atoms with Gasteiger partial charge in [0.15, 0.2) is 5.78 Å². The van der Waals surface area contributed by atoms with Gasteiger partial charge in [0.25, 0.3) is 0 Å². The average molecular weight is 417 g/mol. The lowest BCUT2D eigenvalue weighted by molar-refractivity contribution is 0.105. The van der Waals surface area contributed by atoms with E-state index in [1.807, 2.05) is 78.9 Å². The van der Waals surface area contributed by atoms with E-state index < -0.39 is 0 Å². The van der Waals surface area contributed by atoms with E-state index in [1.165, 1.54) is 0 Å². The fourth-order valence-electron chi connectivity index (χ4n) is 4.39. The molecule has 0 saturated heterocycles. The molecule has 1 N–H and O–H groups in total. The van der Waals surface area contributed by atoms with E-state index in [-0.39, 0.29) is 5.78 Å². The third-order valence-electron chi connectivity index (χ3n) is 5.94. The van der Waals surface area contributed by atoms with Gasteiger partial charge in [0.1, 0.15) is 16.9 Å². The van der Waals surface area contributed by atoms with Crippen molar-refractivity contribution in [2.45, 2.75) is 0 Å². The van der Waals surface area contributed by atoms with Crippen LogP contribution >= 0.6 is 0 Å². The Morgan fingerprint density at radius 1 is 0.750 bits per heavy atom. The van der Waals surface area contributed by atoms with Gasteiger partial charge >= 0.3 is 0 Å². The molecule has 154 valence electrons. The molecule has 0 saturated carbocycles. The molecular weight excluding hydrogens is 398 g/mol. The molecule has 0 unspecified atom stereocenters. The number of allylic oxidation sites excluding steroid dienone is 1. The van der Waals surface area contributed by atoms with Gasteiger partial charge in [0, 0.05) is 27.6 Å². The summed E-state index contributed by atoms with van der Waals surface area (Å²) in [4.78, 5) is 13.4. The number of hydrogen-bond donors (Lipinski definition) is 1. The number of methoxy groups -OCH3 is 1. The molecule has 0 aliphatic heterocycles. The topological polar surface area (TPSA) is 51.5 Å². The largest absolute Gasteiger partial charge is 0.497 e. The summed E-state index contributed by atoms with van der Waals surface area (Å²) in [5, 5.41) is 5.64. The van der Waals surface area contributed by atoms with E-state index in [0.717, 1.165) is 50.2 Å². The van der Waals surface area contributed by atoms with Crippen LogP contribution in [-0.2, 0) is 0 Å². The SMILES string of the molecule is COc1ccc(C2=C(Nc3ccc4oc5ccccc5c4c3)c3ccccc3C2=O)cc1. The minimum absolute atomic E-state index is 0.0168. The summed E-state index contributed by atoms with van der Waals surface area (Å²) in [6.45, 7) is 0. The number of anilines is 1. The maximum Gasteiger partial charge on any atom is 0.196 e. The zero-order valence-electron chi connectivity index (χ0n) is 17.4. The lowest BCUT2D eigenvalue weighted by Crippen LogP contribution is -2.01. The first-order valence-corrected chi connectivity index (χ1v) is 10.4. The van der Waals surface area contributed by atoms with E-state index in [0.29, 0.717) is 11.1 Å². The fraction of sp³-hybridized carbons (Fsp3) is 0.0357. The van der Waals surface area contributed by atoms with Gasteiger partial charge in [0.2, 0.25) is 0 Å². The minimum atomic E-state index is 0.0168. The lowest BCUT2D eigenvalue weighted by Gasteiger charge is -2.12. The first-order chi connectivity index (χ1) is 15.7. The number of hydrogen-bond acceptors (Lipinski definition) is 4. The van der Waals surface area contributed by atoms with Crippen LogP contribution < -0.4 is 10.1 Å². The molecule has 0 spiro atoms. The van der Waals surface area contributed by atoms with Crippen molar-refractivity contribution < 1.29 is 13.9 Å². The van der Waals surface area contributed by atoms with E-state index in [2.05, 4.69) is 17.4 Å². The predicted molar refractivity (Wildman–Crippen MR) is 128 cm³/mol. The molecule has 1 aliphatic carbocycles. The van der Waals surface area contributed by atoms with Gasteiger partial charge < -0.3 is 14.5 Å². The molecule has 6 rings (SSSR count). The summed E-state index contributed by atoms with van der Waals surface area (Å²) in [6.07, 6.45) is 0. The third kappa shape index (κ3) is 2.81. The molecule has 1 aromatic heterocycles. The number of furan rings is 1. The van der Waals surface area contributed by atoms with E-state index >= 15 is 0 Å². The van der Waals surface area contributed by atoms with E-state index in [4.69, 9.17) is 9.15 Å². The number of carbonyl (C=O) groups excluding carboxylic acids is 1. The van der Waals surface area contributed by atoms with Crippen molar-refractivity contribution in [2.24, 2.45) is 0 Å². The highest BCUT2D eigenvalue weighted by Crippen LogP contribution is 2.40.